The fourth-order valence-electron chi connectivity index (χ4n) is 1.59. The number of hydrogen-bond acceptors (Lipinski definition) is 4. The van der Waals surface area contributed by atoms with Gasteiger partial charge in [-0.1, -0.05) is 0 Å². The molecular weight excluding hydrogens is 216 g/mol. The molecule has 1 atom stereocenters. The second kappa shape index (κ2) is 4.93. The van der Waals surface area contributed by atoms with Crippen LogP contribution in [-0.2, 0) is 0 Å². The van der Waals surface area contributed by atoms with Crippen molar-refractivity contribution in [2.24, 2.45) is 11.7 Å². The summed E-state index contributed by atoms with van der Waals surface area (Å²) in [5.41, 5.74) is 6.63. The van der Waals surface area contributed by atoms with Crippen LogP contribution in [-0.4, -0.2) is 23.5 Å². The maximum Gasteiger partial charge on any atom is 0.269 e. The number of aromatic nitrogens is 1. The molecule has 5 nitrogen and oxygen atoms in total. The van der Waals surface area contributed by atoms with Crippen LogP contribution in [0.2, 0.25) is 0 Å². The maximum atomic E-state index is 11.7. The van der Waals surface area contributed by atoms with Gasteiger partial charge < -0.3 is 11.1 Å². The zero-order chi connectivity index (χ0) is 12.3. The smallest absolute Gasteiger partial charge is 0.269 e. The molecule has 3 N–H and O–H groups in total. The first-order chi connectivity index (χ1) is 8.20. The van der Waals surface area contributed by atoms with Crippen molar-refractivity contribution in [3.8, 4) is 6.07 Å². The fraction of sp³-hybridized carbons (Fsp3) is 0.417. The second-order valence-electron chi connectivity index (χ2n) is 4.26. The van der Waals surface area contributed by atoms with Gasteiger partial charge in [-0.15, -0.1) is 0 Å². The van der Waals surface area contributed by atoms with Crippen LogP contribution in [0.1, 0.15) is 28.9 Å². The average Bonchev–Trinajstić information content (AvgIpc) is 3.20. The molecule has 88 valence electrons. The number of nitrogens with zero attached hydrogens (tertiary/aromatic N) is 2. The van der Waals surface area contributed by atoms with Crippen LogP contribution < -0.4 is 11.1 Å². The molecule has 5 heteroatoms. The molecule has 2 rings (SSSR count). The third kappa shape index (κ3) is 3.02. The second-order valence-corrected chi connectivity index (χ2v) is 4.26. The molecule has 0 saturated heterocycles. The van der Waals surface area contributed by atoms with Crippen LogP contribution in [0, 0.1) is 17.2 Å². The maximum absolute atomic E-state index is 11.7. The van der Waals surface area contributed by atoms with Crippen LogP contribution >= 0.6 is 0 Å². The molecule has 1 fully saturated rings. The molecule has 1 aromatic rings. The van der Waals surface area contributed by atoms with E-state index in [0.717, 1.165) is 12.8 Å². The molecule has 1 aliphatic rings. The number of hydrogen-bond donors (Lipinski definition) is 2. The molecule has 1 aromatic heterocycles. The Morgan fingerprint density at radius 3 is 2.94 bits per heavy atom. The number of amides is 1. The molecule has 0 radical (unpaired) electrons. The number of nitrogens with two attached hydrogens (primary N) is 1. The molecule has 0 aliphatic heterocycles. The van der Waals surface area contributed by atoms with Gasteiger partial charge in [0.25, 0.3) is 5.91 Å². The van der Waals surface area contributed by atoms with E-state index in [1.54, 1.807) is 6.07 Å². The quantitative estimate of drug-likeness (QED) is 0.784. The predicted molar refractivity (Wildman–Crippen MR) is 62.0 cm³/mol. The minimum Gasteiger partial charge on any atom is -0.349 e. The summed E-state index contributed by atoms with van der Waals surface area (Å²) in [6, 6.07) is 5.10. The number of nitriles is 1. The van der Waals surface area contributed by atoms with Crippen molar-refractivity contribution >= 4 is 5.91 Å². The van der Waals surface area contributed by atoms with Gasteiger partial charge in [0.05, 0.1) is 5.56 Å². The molecule has 0 aromatic carbocycles. The van der Waals surface area contributed by atoms with Crippen LogP contribution in [0.4, 0.5) is 0 Å². The summed E-state index contributed by atoms with van der Waals surface area (Å²) in [7, 11) is 0. The Kier molecular flexibility index (Phi) is 3.35. The third-order valence-corrected chi connectivity index (χ3v) is 2.85. The van der Waals surface area contributed by atoms with Gasteiger partial charge in [0, 0.05) is 18.8 Å². The van der Waals surface area contributed by atoms with Crippen molar-refractivity contribution in [2.45, 2.75) is 18.9 Å². The summed E-state index contributed by atoms with van der Waals surface area (Å²) in [5, 5.41) is 11.4. The van der Waals surface area contributed by atoms with E-state index in [0.29, 0.717) is 23.7 Å². The monoisotopic (exact) mass is 230 g/mol. The highest BCUT2D eigenvalue weighted by Gasteiger charge is 2.28. The van der Waals surface area contributed by atoms with Gasteiger partial charge in [-0.25, -0.2) is 4.98 Å². The van der Waals surface area contributed by atoms with Gasteiger partial charge in [-0.2, -0.15) is 5.26 Å². The summed E-state index contributed by atoms with van der Waals surface area (Å²) < 4.78 is 0. The number of carbonyl (C=O) groups is 1. The number of pyridine rings is 1. The lowest BCUT2D eigenvalue weighted by atomic mass is 10.2. The number of carbonyl (C=O) groups excluding carboxylic acids is 1. The summed E-state index contributed by atoms with van der Waals surface area (Å²) in [5.74, 6) is 0.315. The topological polar surface area (TPSA) is 91.8 Å². The zero-order valence-corrected chi connectivity index (χ0v) is 9.39. The molecule has 0 spiro atoms. The Hall–Kier alpha value is -1.93. The van der Waals surface area contributed by atoms with E-state index in [1.807, 2.05) is 6.07 Å². The van der Waals surface area contributed by atoms with Crippen molar-refractivity contribution in [1.82, 2.24) is 10.3 Å². The van der Waals surface area contributed by atoms with Crippen molar-refractivity contribution < 1.29 is 4.79 Å². The van der Waals surface area contributed by atoms with Gasteiger partial charge in [-0.05, 0) is 30.9 Å². The highest BCUT2D eigenvalue weighted by atomic mass is 16.1. The van der Waals surface area contributed by atoms with Crippen molar-refractivity contribution in [2.75, 3.05) is 6.54 Å². The van der Waals surface area contributed by atoms with Crippen molar-refractivity contribution in [3.63, 3.8) is 0 Å². The van der Waals surface area contributed by atoms with E-state index >= 15 is 0 Å². The minimum absolute atomic E-state index is 0.0392. The Morgan fingerprint density at radius 2 is 2.41 bits per heavy atom. The van der Waals surface area contributed by atoms with E-state index in [-0.39, 0.29) is 11.9 Å². The molecule has 1 unspecified atom stereocenters. The van der Waals surface area contributed by atoms with Gasteiger partial charge >= 0.3 is 0 Å². The van der Waals surface area contributed by atoms with E-state index in [2.05, 4.69) is 10.3 Å². The van der Waals surface area contributed by atoms with Crippen molar-refractivity contribution in [1.29, 1.82) is 5.26 Å². The highest BCUT2D eigenvalue weighted by molar-refractivity contribution is 5.92. The summed E-state index contributed by atoms with van der Waals surface area (Å²) >= 11 is 0. The lowest BCUT2D eigenvalue weighted by Gasteiger charge is -2.10. The molecule has 1 saturated carbocycles. The standard InChI is InChI=1S/C12H14N4O/c13-5-8-1-4-11(15-6-8)12(17)16-7-10(14)9-2-3-9/h1,4,6,9-10H,2-3,7,14H2,(H,16,17). The van der Waals surface area contributed by atoms with Gasteiger partial charge in [0.2, 0.25) is 0 Å². The number of nitrogens with one attached hydrogen (secondary N) is 1. The summed E-state index contributed by atoms with van der Waals surface area (Å²) in [6.07, 6.45) is 3.70. The normalized spacial score (nSPS) is 16.0. The van der Waals surface area contributed by atoms with Gasteiger partial charge in [0.1, 0.15) is 11.8 Å². The first kappa shape index (κ1) is 11.6. The first-order valence-electron chi connectivity index (χ1n) is 5.60. The Labute approximate surface area is 99.6 Å². The lowest BCUT2D eigenvalue weighted by molar-refractivity contribution is 0.0945. The predicted octanol–water partition coefficient (Wildman–Crippen LogP) is 0.420. The first-order valence-corrected chi connectivity index (χ1v) is 5.60. The molecule has 0 bridgehead atoms. The zero-order valence-electron chi connectivity index (χ0n) is 9.39. The molecule has 17 heavy (non-hydrogen) atoms. The Bertz CT molecular complexity index is 445. The molecule has 1 aliphatic carbocycles. The molecule has 1 amide bonds. The molecular formula is C12H14N4O. The van der Waals surface area contributed by atoms with E-state index in [9.17, 15) is 4.79 Å². The minimum atomic E-state index is -0.245. The SMILES string of the molecule is N#Cc1ccc(C(=O)NCC(N)C2CC2)nc1. The van der Waals surface area contributed by atoms with Crippen LogP contribution in [0.25, 0.3) is 0 Å². The van der Waals surface area contributed by atoms with Gasteiger partial charge in [-0.3, -0.25) is 4.79 Å². The molecule has 1 heterocycles. The number of rotatable bonds is 4. The summed E-state index contributed by atoms with van der Waals surface area (Å²) in [6.45, 7) is 0.477. The Balaban J connectivity index is 1.88. The fourth-order valence-corrected chi connectivity index (χ4v) is 1.59. The lowest BCUT2D eigenvalue weighted by Crippen LogP contribution is -2.38. The van der Waals surface area contributed by atoms with E-state index in [4.69, 9.17) is 11.0 Å². The van der Waals surface area contributed by atoms with E-state index < -0.39 is 0 Å². The van der Waals surface area contributed by atoms with Crippen LogP contribution in [0.5, 0.6) is 0 Å². The Morgan fingerprint density at radius 1 is 1.65 bits per heavy atom. The largest absolute Gasteiger partial charge is 0.349 e. The van der Waals surface area contributed by atoms with E-state index in [1.165, 1.54) is 12.3 Å². The van der Waals surface area contributed by atoms with Crippen LogP contribution in [0.15, 0.2) is 18.3 Å². The highest BCUT2D eigenvalue weighted by Crippen LogP contribution is 2.31. The average molecular weight is 230 g/mol. The van der Waals surface area contributed by atoms with Crippen LogP contribution in [0.3, 0.4) is 0 Å². The third-order valence-electron chi connectivity index (χ3n) is 2.85. The van der Waals surface area contributed by atoms with Crippen molar-refractivity contribution in [3.05, 3.63) is 29.6 Å². The summed E-state index contributed by atoms with van der Waals surface area (Å²) in [4.78, 5) is 15.6. The van der Waals surface area contributed by atoms with Gasteiger partial charge in [0.15, 0.2) is 0 Å².